The van der Waals surface area contributed by atoms with Crippen LogP contribution in [0.5, 0.6) is 0 Å². The molecule has 0 bridgehead atoms. The smallest absolute Gasteiger partial charge is 0.274 e. The molecule has 0 aliphatic carbocycles. The number of hydrogen-bond donors (Lipinski definition) is 0. The molecule has 0 radical (unpaired) electrons. The van der Waals surface area contributed by atoms with E-state index in [1.165, 1.54) is 12.0 Å². The minimum absolute atomic E-state index is 0.0143. The maximum atomic E-state index is 13.1. The summed E-state index contributed by atoms with van der Waals surface area (Å²) in [4.78, 5) is 15.1. The molecule has 1 aliphatic rings. The van der Waals surface area contributed by atoms with Gasteiger partial charge < -0.3 is 4.90 Å². The maximum Gasteiger partial charge on any atom is 0.274 e. The molecule has 1 aromatic carbocycles. The Kier molecular flexibility index (Phi) is 4.45. The third-order valence-electron chi connectivity index (χ3n) is 4.85. The molecule has 0 spiro atoms. The zero-order chi connectivity index (χ0) is 17.2. The number of benzene rings is 1. The first-order valence-corrected chi connectivity index (χ1v) is 9.08. The normalized spacial score (nSPS) is 17.8. The average molecular weight is 354 g/mol. The Bertz CT molecular complexity index is 890. The second-order valence-corrected chi connectivity index (χ2v) is 7.02. The Labute approximate surface area is 152 Å². The number of aromatic nitrogens is 2. The Morgan fingerprint density at radius 2 is 2.00 bits per heavy atom. The van der Waals surface area contributed by atoms with Gasteiger partial charge in [0.25, 0.3) is 5.91 Å². The largest absolute Gasteiger partial charge is 0.334 e. The molecule has 1 saturated heterocycles. The van der Waals surface area contributed by atoms with E-state index in [4.69, 9.17) is 11.6 Å². The molecule has 0 unspecified atom stereocenters. The molecule has 1 fully saturated rings. The fourth-order valence-corrected chi connectivity index (χ4v) is 3.75. The van der Waals surface area contributed by atoms with Crippen molar-refractivity contribution in [2.24, 2.45) is 0 Å². The first-order chi connectivity index (χ1) is 12.2. The summed E-state index contributed by atoms with van der Waals surface area (Å²) >= 11 is 6.03. The number of nitrogens with zero attached hydrogens (tertiary/aromatic N) is 3. The van der Waals surface area contributed by atoms with Gasteiger partial charge in [0, 0.05) is 23.8 Å². The molecule has 1 aliphatic heterocycles. The van der Waals surface area contributed by atoms with E-state index >= 15 is 0 Å². The zero-order valence-electron chi connectivity index (χ0n) is 13.9. The Balaban J connectivity index is 1.59. The van der Waals surface area contributed by atoms with Crippen molar-refractivity contribution in [2.75, 3.05) is 6.54 Å². The van der Waals surface area contributed by atoms with E-state index in [1.807, 2.05) is 23.1 Å². The van der Waals surface area contributed by atoms with Crippen LogP contribution in [0.4, 0.5) is 0 Å². The molecular formula is C20H20ClN3O. The molecular weight excluding hydrogens is 334 g/mol. The van der Waals surface area contributed by atoms with E-state index in [2.05, 4.69) is 29.4 Å². The highest BCUT2D eigenvalue weighted by atomic mass is 35.5. The van der Waals surface area contributed by atoms with Gasteiger partial charge in [-0.2, -0.15) is 5.10 Å². The summed E-state index contributed by atoms with van der Waals surface area (Å²) in [5.74, 6) is 0.0143. The van der Waals surface area contributed by atoms with E-state index in [-0.39, 0.29) is 11.9 Å². The lowest BCUT2D eigenvalue weighted by atomic mass is 9.95. The predicted molar refractivity (Wildman–Crippen MR) is 99.0 cm³/mol. The topological polar surface area (TPSA) is 37.6 Å². The van der Waals surface area contributed by atoms with Crippen LogP contribution in [-0.4, -0.2) is 33.0 Å². The quantitative estimate of drug-likeness (QED) is 0.706. The van der Waals surface area contributed by atoms with Crippen molar-refractivity contribution in [1.82, 2.24) is 14.5 Å². The Morgan fingerprint density at radius 1 is 1.16 bits per heavy atom. The Morgan fingerprint density at radius 3 is 2.84 bits per heavy atom. The zero-order valence-corrected chi connectivity index (χ0v) is 14.7. The van der Waals surface area contributed by atoms with Crippen molar-refractivity contribution >= 4 is 23.0 Å². The van der Waals surface area contributed by atoms with Gasteiger partial charge in [0.05, 0.1) is 5.52 Å². The van der Waals surface area contributed by atoms with E-state index in [0.29, 0.717) is 10.7 Å². The molecule has 2 aromatic heterocycles. The number of amides is 1. The van der Waals surface area contributed by atoms with Gasteiger partial charge in [-0.1, -0.05) is 41.9 Å². The standard InChI is InChI=1S/C20H20ClN3O/c21-16-9-11-24-18(13-16)14-19(22-24)20(25)23-10-5-4-8-17(23)12-15-6-2-1-3-7-15/h1-3,6-7,9,11,13-14,17H,4-5,8,10,12H2/t17-/m0/s1. The van der Waals surface area contributed by atoms with Gasteiger partial charge in [-0.15, -0.1) is 0 Å². The summed E-state index contributed by atoms with van der Waals surface area (Å²) in [6.45, 7) is 0.797. The van der Waals surface area contributed by atoms with Gasteiger partial charge in [0.2, 0.25) is 0 Å². The van der Waals surface area contributed by atoms with Crippen LogP contribution >= 0.6 is 11.6 Å². The number of piperidine rings is 1. The Hall–Kier alpha value is -2.33. The predicted octanol–water partition coefficient (Wildman–Crippen LogP) is 4.23. The first-order valence-electron chi connectivity index (χ1n) is 8.70. The van der Waals surface area contributed by atoms with Crippen molar-refractivity contribution < 1.29 is 4.79 Å². The number of carbonyl (C=O) groups excluding carboxylic acids is 1. The lowest BCUT2D eigenvalue weighted by Gasteiger charge is -2.35. The van der Waals surface area contributed by atoms with Crippen molar-refractivity contribution in [3.05, 3.63) is 71.0 Å². The summed E-state index contributed by atoms with van der Waals surface area (Å²) < 4.78 is 1.70. The van der Waals surface area contributed by atoms with Crippen LogP contribution in [-0.2, 0) is 6.42 Å². The van der Waals surface area contributed by atoms with Gasteiger partial charge in [0.1, 0.15) is 0 Å². The number of hydrogen-bond acceptors (Lipinski definition) is 2. The lowest BCUT2D eigenvalue weighted by molar-refractivity contribution is 0.0607. The van der Waals surface area contributed by atoms with Crippen LogP contribution in [0.3, 0.4) is 0 Å². The molecule has 4 rings (SSSR count). The molecule has 5 heteroatoms. The lowest BCUT2D eigenvalue weighted by Crippen LogP contribution is -2.45. The third-order valence-corrected chi connectivity index (χ3v) is 5.08. The molecule has 3 aromatic rings. The number of halogens is 1. The summed E-state index contributed by atoms with van der Waals surface area (Å²) in [6.07, 6.45) is 5.94. The molecule has 128 valence electrons. The van der Waals surface area contributed by atoms with Gasteiger partial charge in [-0.05, 0) is 49.4 Å². The van der Waals surface area contributed by atoms with Crippen molar-refractivity contribution in [3.63, 3.8) is 0 Å². The highest BCUT2D eigenvalue weighted by Crippen LogP contribution is 2.23. The third kappa shape index (κ3) is 3.40. The van der Waals surface area contributed by atoms with Crippen molar-refractivity contribution in [2.45, 2.75) is 31.7 Å². The van der Waals surface area contributed by atoms with E-state index in [1.54, 1.807) is 16.8 Å². The molecule has 4 nitrogen and oxygen atoms in total. The average Bonchev–Trinajstić information content (AvgIpc) is 3.05. The fraction of sp³-hybridized carbons (Fsp3) is 0.300. The number of rotatable bonds is 3. The number of likely N-dealkylation sites (tertiary alicyclic amines) is 1. The molecule has 25 heavy (non-hydrogen) atoms. The van der Waals surface area contributed by atoms with Gasteiger partial charge in [-0.25, -0.2) is 4.52 Å². The summed E-state index contributed by atoms with van der Waals surface area (Å²) in [5, 5.41) is 5.08. The monoisotopic (exact) mass is 353 g/mol. The van der Waals surface area contributed by atoms with E-state index in [0.717, 1.165) is 31.3 Å². The van der Waals surface area contributed by atoms with Crippen LogP contribution in [0.1, 0.15) is 35.3 Å². The van der Waals surface area contributed by atoms with Gasteiger partial charge in [-0.3, -0.25) is 4.79 Å². The van der Waals surface area contributed by atoms with Crippen molar-refractivity contribution in [3.8, 4) is 0 Å². The molecule has 3 heterocycles. The second kappa shape index (κ2) is 6.89. The molecule has 1 atom stereocenters. The van der Waals surface area contributed by atoms with E-state index < -0.39 is 0 Å². The maximum absolute atomic E-state index is 13.1. The highest BCUT2D eigenvalue weighted by molar-refractivity contribution is 6.30. The van der Waals surface area contributed by atoms with Gasteiger partial charge in [0.15, 0.2) is 5.69 Å². The van der Waals surface area contributed by atoms with E-state index in [9.17, 15) is 4.79 Å². The summed E-state index contributed by atoms with van der Waals surface area (Å²) in [6, 6.07) is 16.0. The first kappa shape index (κ1) is 16.2. The van der Waals surface area contributed by atoms with Crippen LogP contribution in [0.2, 0.25) is 5.02 Å². The second-order valence-electron chi connectivity index (χ2n) is 6.58. The number of fused-ring (bicyclic) bond motifs is 1. The van der Waals surface area contributed by atoms with Crippen LogP contribution < -0.4 is 0 Å². The molecule has 0 N–H and O–H groups in total. The minimum atomic E-state index is 0.0143. The van der Waals surface area contributed by atoms with Crippen LogP contribution in [0, 0.1) is 0 Å². The summed E-state index contributed by atoms with van der Waals surface area (Å²) in [5.41, 5.74) is 2.60. The fourth-order valence-electron chi connectivity index (χ4n) is 3.59. The van der Waals surface area contributed by atoms with Crippen LogP contribution in [0.15, 0.2) is 54.7 Å². The SMILES string of the molecule is O=C(c1cc2cc(Cl)ccn2n1)N1CCCC[C@H]1Cc1ccccc1. The number of carbonyl (C=O) groups is 1. The number of pyridine rings is 1. The highest BCUT2D eigenvalue weighted by Gasteiger charge is 2.29. The van der Waals surface area contributed by atoms with Crippen molar-refractivity contribution in [1.29, 1.82) is 0 Å². The molecule has 1 amide bonds. The van der Waals surface area contributed by atoms with Crippen LogP contribution in [0.25, 0.3) is 5.52 Å². The summed E-state index contributed by atoms with van der Waals surface area (Å²) in [7, 11) is 0. The van der Waals surface area contributed by atoms with Gasteiger partial charge >= 0.3 is 0 Å². The minimum Gasteiger partial charge on any atom is -0.334 e. The molecule has 0 saturated carbocycles.